The molecule has 3 rings (SSSR count). The summed E-state index contributed by atoms with van der Waals surface area (Å²) in [5.74, 6) is 0.924. The van der Waals surface area contributed by atoms with Gasteiger partial charge in [0.05, 0.1) is 24.3 Å². The van der Waals surface area contributed by atoms with Gasteiger partial charge < -0.3 is 18.8 Å². The van der Waals surface area contributed by atoms with E-state index in [1.54, 1.807) is 18.1 Å². The van der Waals surface area contributed by atoms with Crippen LogP contribution in [0.2, 0.25) is 18.1 Å². The van der Waals surface area contributed by atoms with Crippen molar-refractivity contribution in [1.82, 2.24) is 0 Å². The molecule has 1 atom stereocenters. The summed E-state index contributed by atoms with van der Waals surface area (Å²) in [7, 11) is -0.368. The van der Waals surface area contributed by atoms with Crippen molar-refractivity contribution in [2.45, 2.75) is 58.0 Å². The second-order valence-corrected chi connectivity index (χ2v) is 14.5. The number of carbonyl (C=O) groups is 1. The molecule has 0 saturated carbocycles. The highest BCUT2D eigenvalue weighted by atomic mass is 28.4. The monoisotopic (exact) mass is 472 g/mol. The SMILES string of the molecule is COc1ccc(CN2C(=O)C(CCO[Si](C)(C)C(C)(C)C)Oc3ccc([N+](=O)[O-])cc32)cc1. The summed E-state index contributed by atoms with van der Waals surface area (Å²) in [6.45, 7) is 11.5. The number of carbonyl (C=O) groups excluding carboxylic acids is 1. The maximum absolute atomic E-state index is 13.4. The molecular weight excluding hydrogens is 440 g/mol. The van der Waals surface area contributed by atoms with Crippen molar-refractivity contribution in [3.63, 3.8) is 0 Å². The van der Waals surface area contributed by atoms with Crippen LogP contribution in [0.1, 0.15) is 32.8 Å². The van der Waals surface area contributed by atoms with Crippen molar-refractivity contribution in [2.24, 2.45) is 0 Å². The number of nitro groups is 1. The van der Waals surface area contributed by atoms with Crippen molar-refractivity contribution in [1.29, 1.82) is 0 Å². The number of hydrogen-bond donors (Lipinski definition) is 0. The Labute approximate surface area is 195 Å². The zero-order chi connectivity index (χ0) is 24.4. The number of amides is 1. The molecule has 0 saturated heterocycles. The largest absolute Gasteiger partial charge is 0.497 e. The van der Waals surface area contributed by atoms with E-state index in [2.05, 4.69) is 33.9 Å². The maximum Gasteiger partial charge on any atom is 0.271 e. The van der Waals surface area contributed by atoms with Gasteiger partial charge in [0.15, 0.2) is 14.4 Å². The summed E-state index contributed by atoms with van der Waals surface area (Å²) < 4.78 is 17.4. The van der Waals surface area contributed by atoms with Crippen LogP contribution in [0.5, 0.6) is 11.5 Å². The molecule has 0 N–H and O–H groups in total. The molecule has 1 aliphatic rings. The van der Waals surface area contributed by atoms with Crippen molar-refractivity contribution >= 4 is 25.6 Å². The first kappa shape index (κ1) is 24.7. The fraction of sp³-hybridized carbons (Fsp3) is 0.458. The van der Waals surface area contributed by atoms with E-state index in [1.807, 2.05) is 24.3 Å². The van der Waals surface area contributed by atoms with Gasteiger partial charge in [-0.05, 0) is 41.9 Å². The summed E-state index contributed by atoms with van der Waals surface area (Å²) in [6, 6.07) is 11.7. The molecule has 0 bridgehead atoms. The summed E-state index contributed by atoms with van der Waals surface area (Å²) in [5, 5.41) is 11.4. The van der Waals surface area contributed by atoms with Crippen LogP contribution in [0.25, 0.3) is 0 Å². The normalized spacial score (nSPS) is 16.2. The van der Waals surface area contributed by atoms with Crippen LogP contribution in [0, 0.1) is 10.1 Å². The van der Waals surface area contributed by atoms with Crippen LogP contribution in [-0.4, -0.2) is 39.0 Å². The fourth-order valence-electron chi connectivity index (χ4n) is 3.32. The molecule has 1 amide bonds. The van der Waals surface area contributed by atoms with Crippen LogP contribution >= 0.6 is 0 Å². The minimum absolute atomic E-state index is 0.0658. The molecule has 0 aromatic heterocycles. The van der Waals surface area contributed by atoms with Gasteiger partial charge >= 0.3 is 0 Å². The number of methoxy groups -OCH3 is 1. The van der Waals surface area contributed by atoms with Crippen molar-refractivity contribution in [3.05, 3.63) is 58.1 Å². The zero-order valence-corrected chi connectivity index (χ0v) is 21.1. The van der Waals surface area contributed by atoms with E-state index in [4.69, 9.17) is 13.9 Å². The Kier molecular flexibility index (Phi) is 7.13. The molecule has 0 radical (unpaired) electrons. The minimum Gasteiger partial charge on any atom is -0.497 e. The third-order valence-corrected chi connectivity index (χ3v) is 10.9. The van der Waals surface area contributed by atoms with E-state index in [-0.39, 0.29) is 23.2 Å². The molecule has 0 fully saturated rings. The summed E-state index contributed by atoms with van der Waals surface area (Å²) in [4.78, 5) is 25.8. The molecule has 0 spiro atoms. The van der Waals surface area contributed by atoms with Gasteiger partial charge in [-0.25, -0.2) is 0 Å². The van der Waals surface area contributed by atoms with E-state index >= 15 is 0 Å². The molecule has 9 heteroatoms. The highest BCUT2D eigenvalue weighted by Gasteiger charge is 2.39. The highest BCUT2D eigenvalue weighted by molar-refractivity contribution is 6.74. The van der Waals surface area contributed by atoms with Crippen molar-refractivity contribution in [2.75, 3.05) is 18.6 Å². The van der Waals surface area contributed by atoms with E-state index < -0.39 is 19.3 Å². The zero-order valence-electron chi connectivity index (χ0n) is 20.1. The maximum atomic E-state index is 13.4. The number of nitro benzene ring substituents is 1. The Morgan fingerprint density at radius 2 is 1.82 bits per heavy atom. The molecule has 0 aliphatic carbocycles. The average Bonchev–Trinajstić information content (AvgIpc) is 2.75. The molecule has 1 heterocycles. The first-order chi connectivity index (χ1) is 15.4. The van der Waals surface area contributed by atoms with Crippen LogP contribution in [0.15, 0.2) is 42.5 Å². The lowest BCUT2D eigenvalue weighted by Crippen LogP contribution is -2.47. The average molecular weight is 473 g/mol. The minimum atomic E-state index is -1.96. The predicted octanol–water partition coefficient (Wildman–Crippen LogP) is 5.31. The van der Waals surface area contributed by atoms with Gasteiger partial charge in [0.1, 0.15) is 11.5 Å². The smallest absolute Gasteiger partial charge is 0.271 e. The molecule has 178 valence electrons. The number of rotatable bonds is 8. The number of nitrogens with zero attached hydrogens (tertiary/aromatic N) is 2. The van der Waals surface area contributed by atoms with Crippen molar-refractivity contribution in [3.8, 4) is 11.5 Å². The third kappa shape index (κ3) is 5.54. The lowest BCUT2D eigenvalue weighted by Gasteiger charge is -2.37. The summed E-state index contributed by atoms with van der Waals surface area (Å²) in [5.41, 5.74) is 1.18. The second-order valence-electron chi connectivity index (χ2n) is 9.69. The fourth-order valence-corrected chi connectivity index (χ4v) is 4.38. The lowest BCUT2D eigenvalue weighted by molar-refractivity contribution is -0.384. The van der Waals surface area contributed by atoms with Gasteiger partial charge in [-0.3, -0.25) is 14.9 Å². The number of ether oxygens (including phenoxy) is 2. The van der Waals surface area contributed by atoms with Crippen LogP contribution in [-0.2, 0) is 15.8 Å². The molecule has 1 aliphatic heterocycles. The third-order valence-electron chi connectivity index (χ3n) is 6.40. The summed E-state index contributed by atoms with van der Waals surface area (Å²) >= 11 is 0. The first-order valence-corrected chi connectivity index (χ1v) is 13.9. The Bertz CT molecular complexity index is 1020. The van der Waals surface area contributed by atoms with Gasteiger partial charge in [0.2, 0.25) is 0 Å². The van der Waals surface area contributed by atoms with E-state index in [1.165, 1.54) is 12.1 Å². The van der Waals surface area contributed by atoms with E-state index in [0.717, 1.165) is 5.56 Å². The van der Waals surface area contributed by atoms with Gasteiger partial charge in [0.25, 0.3) is 11.6 Å². The predicted molar refractivity (Wildman–Crippen MR) is 129 cm³/mol. The second kappa shape index (κ2) is 9.52. The molecule has 1 unspecified atom stereocenters. The number of non-ortho nitro benzene ring substituents is 1. The number of anilines is 1. The van der Waals surface area contributed by atoms with E-state index in [9.17, 15) is 14.9 Å². The molecule has 2 aromatic carbocycles. The number of fused-ring (bicyclic) bond motifs is 1. The lowest BCUT2D eigenvalue weighted by atomic mass is 10.1. The van der Waals surface area contributed by atoms with Crippen LogP contribution in [0.3, 0.4) is 0 Å². The molecule has 8 nitrogen and oxygen atoms in total. The van der Waals surface area contributed by atoms with Gasteiger partial charge in [-0.1, -0.05) is 32.9 Å². The van der Waals surface area contributed by atoms with Gasteiger partial charge in [0, 0.05) is 25.2 Å². The number of benzene rings is 2. The summed E-state index contributed by atoms with van der Waals surface area (Å²) in [6.07, 6.45) is -0.317. The van der Waals surface area contributed by atoms with E-state index in [0.29, 0.717) is 30.2 Å². The van der Waals surface area contributed by atoms with Gasteiger partial charge in [-0.2, -0.15) is 0 Å². The quantitative estimate of drug-likeness (QED) is 0.294. The van der Waals surface area contributed by atoms with Gasteiger partial charge in [-0.15, -0.1) is 0 Å². The van der Waals surface area contributed by atoms with Crippen LogP contribution in [0.4, 0.5) is 11.4 Å². The molecule has 33 heavy (non-hydrogen) atoms. The highest BCUT2D eigenvalue weighted by Crippen LogP contribution is 2.39. The molecule has 2 aromatic rings. The Hall–Kier alpha value is -2.91. The Morgan fingerprint density at radius 3 is 2.39 bits per heavy atom. The Morgan fingerprint density at radius 1 is 1.15 bits per heavy atom. The van der Waals surface area contributed by atoms with Crippen LogP contribution < -0.4 is 14.4 Å². The molecular formula is C24H32N2O6Si. The standard InChI is InChI=1S/C24H32N2O6Si/c1-24(2,3)33(5,6)31-14-13-22-23(27)25(16-17-7-10-19(30-4)11-8-17)20-15-18(26(28)29)9-12-21(20)32-22/h7-12,15,22H,13-14,16H2,1-6H3. The Balaban J connectivity index is 1.85. The number of hydrogen-bond acceptors (Lipinski definition) is 6. The first-order valence-electron chi connectivity index (χ1n) is 11.0. The topological polar surface area (TPSA) is 91.1 Å². The van der Waals surface area contributed by atoms with Crippen molar-refractivity contribution < 1.29 is 23.6 Å².